The van der Waals surface area contributed by atoms with Crippen LogP contribution >= 0.6 is 11.6 Å². The molecular formula is C29H34ClN3O4S. The van der Waals surface area contributed by atoms with E-state index in [1.165, 1.54) is 17.0 Å². The lowest BCUT2D eigenvalue weighted by Crippen LogP contribution is -2.51. The molecule has 7 nitrogen and oxygen atoms in total. The summed E-state index contributed by atoms with van der Waals surface area (Å²) in [6, 6.07) is 21.0. The number of hydrogen-bond acceptors (Lipinski definition) is 4. The fourth-order valence-electron chi connectivity index (χ4n) is 3.86. The number of unbranched alkanes of at least 4 members (excludes halogenated alkanes) is 1. The van der Waals surface area contributed by atoms with Crippen LogP contribution in [0, 0.1) is 6.92 Å². The minimum absolute atomic E-state index is 0.0539. The Morgan fingerprint density at radius 2 is 1.58 bits per heavy atom. The van der Waals surface area contributed by atoms with Gasteiger partial charge in [-0.3, -0.25) is 13.9 Å². The number of rotatable bonds is 12. The Balaban J connectivity index is 1.97. The maximum Gasteiger partial charge on any atom is 0.264 e. The molecule has 1 atom stereocenters. The van der Waals surface area contributed by atoms with Crippen LogP contribution < -0.4 is 9.62 Å². The van der Waals surface area contributed by atoms with Gasteiger partial charge in [-0.05, 0) is 62.2 Å². The Morgan fingerprint density at radius 1 is 0.947 bits per heavy atom. The van der Waals surface area contributed by atoms with E-state index in [0.717, 1.165) is 28.3 Å². The first-order valence-electron chi connectivity index (χ1n) is 12.6. The van der Waals surface area contributed by atoms with Crippen molar-refractivity contribution in [3.05, 3.63) is 95.0 Å². The van der Waals surface area contributed by atoms with Crippen molar-refractivity contribution in [3.8, 4) is 0 Å². The average Bonchev–Trinajstić information content (AvgIpc) is 2.92. The van der Waals surface area contributed by atoms with Crippen molar-refractivity contribution in [1.29, 1.82) is 0 Å². The average molecular weight is 556 g/mol. The lowest BCUT2D eigenvalue weighted by Gasteiger charge is -2.32. The molecule has 0 radical (unpaired) electrons. The molecule has 0 aliphatic carbocycles. The van der Waals surface area contributed by atoms with Crippen molar-refractivity contribution in [2.45, 2.75) is 51.1 Å². The van der Waals surface area contributed by atoms with Gasteiger partial charge in [-0.2, -0.15) is 0 Å². The summed E-state index contributed by atoms with van der Waals surface area (Å²) >= 11 is 6.05. The van der Waals surface area contributed by atoms with Gasteiger partial charge in [0.15, 0.2) is 0 Å². The van der Waals surface area contributed by atoms with E-state index in [2.05, 4.69) is 5.32 Å². The molecule has 3 aromatic rings. The van der Waals surface area contributed by atoms with Gasteiger partial charge in [-0.1, -0.05) is 73.0 Å². The number of amides is 2. The highest BCUT2D eigenvalue weighted by Gasteiger charge is 2.32. The second-order valence-corrected chi connectivity index (χ2v) is 11.4. The van der Waals surface area contributed by atoms with E-state index in [1.54, 1.807) is 49.4 Å². The number of nitrogens with zero attached hydrogens (tertiary/aromatic N) is 2. The monoisotopic (exact) mass is 555 g/mol. The number of benzene rings is 3. The van der Waals surface area contributed by atoms with Gasteiger partial charge < -0.3 is 10.2 Å². The Labute approximate surface area is 230 Å². The third-order valence-corrected chi connectivity index (χ3v) is 8.24. The van der Waals surface area contributed by atoms with Crippen LogP contribution in [0.3, 0.4) is 0 Å². The van der Waals surface area contributed by atoms with Gasteiger partial charge in [0.05, 0.1) is 10.6 Å². The molecule has 0 fully saturated rings. The lowest BCUT2D eigenvalue weighted by atomic mass is 10.1. The topological polar surface area (TPSA) is 86.8 Å². The predicted octanol–water partition coefficient (Wildman–Crippen LogP) is 5.18. The summed E-state index contributed by atoms with van der Waals surface area (Å²) < 4.78 is 28.4. The summed E-state index contributed by atoms with van der Waals surface area (Å²) in [5, 5.41) is 3.32. The number of carbonyl (C=O) groups excluding carboxylic acids is 2. The van der Waals surface area contributed by atoms with Crippen LogP contribution in [-0.4, -0.2) is 44.3 Å². The molecule has 3 aromatic carbocycles. The SMILES string of the molecule is CCCCNC(=O)C(C)N(Cc1ccc(C)cc1)C(=O)CN(c1ccc(Cl)cc1)S(=O)(=O)c1ccccc1. The zero-order valence-corrected chi connectivity index (χ0v) is 23.5. The molecular weight excluding hydrogens is 522 g/mol. The summed E-state index contributed by atoms with van der Waals surface area (Å²) in [7, 11) is -4.10. The second-order valence-electron chi connectivity index (χ2n) is 9.13. The molecule has 1 unspecified atom stereocenters. The number of sulfonamides is 1. The molecule has 38 heavy (non-hydrogen) atoms. The van der Waals surface area contributed by atoms with Gasteiger partial charge >= 0.3 is 0 Å². The second kappa shape index (κ2) is 13.4. The maximum atomic E-state index is 13.8. The zero-order chi connectivity index (χ0) is 27.7. The third-order valence-electron chi connectivity index (χ3n) is 6.20. The molecule has 202 valence electrons. The van der Waals surface area contributed by atoms with Crippen molar-refractivity contribution in [1.82, 2.24) is 10.2 Å². The third kappa shape index (κ3) is 7.58. The molecule has 0 heterocycles. The lowest BCUT2D eigenvalue weighted by molar-refractivity contribution is -0.139. The van der Waals surface area contributed by atoms with Crippen LogP contribution in [0.4, 0.5) is 5.69 Å². The summed E-state index contributed by atoms with van der Waals surface area (Å²) in [4.78, 5) is 28.3. The summed E-state index contributed by atoms with van der Waals surface area (Å²) in [6.45, 7) is 5.83. The molecule has 0 spiro atoms. The first-order chi connectivity index (χ1) is 18.1. The van der Waals surface area contributed by atoms with Crippen LogP contribution in [-0.2, 0) is 26.2 Å². The molecule has 0 aliphatic heterocycles. The molecule has 0 aromatic heterocycles. The minimum atomic E-state index is -4.10. The number of hydrogen-bond donors (Lipinski definition) is 1. The number of anilines is 1. The largest absolute Gasteiger partial charge is 0.354 e. The quantitative estimate of drug-likeness (QED) is 0.312. The normalized spacial score (nSPS) is 12.0. The highest BCUT2D eigenvalue weighted by atomic mass is 35.5. The Hall–Kier alpha value is -3.36. The van der Waals surface area contributed by atoms with Gasteiger partial charge in [0.2, 0.25) is 11.8 Å². The highest BCUT2D eigenvalue weighted by molar-refractivity contribution is 7.92. The minimum Gasteiger partial charge on any atom is -0.354 e. The molecule has 0 bridgehead atoms. The summed E-state index contributed by atoms with van der Waals surface area (Å²) in [5.74, 6) is -0.791. The Bertz CT molecular complexity index is 1310. The van der Waals surface area contributed by atoms with Gasteiger partial charge in [-0.15, -0.1) is 0 Å². The van der Waals surface area contributed by atoms with Crippen LogP contribution in [0.5, 0.6) is 0 Å². The van der Waals surface area contributed by atoms with Crippen molar-refractivity contribution in [3.63, 3.8) is 0 Å². The summed E-state index contributed by atoms with van der Waals surface area (Å²) in [6.07, 6.45) is 1.75. The zero-order valence-electron chi connectivity index (χ0n) is 21.9. The van der Waals surface area contributed by atoms with Gasteiger partial charge in [0.25, 0.3) is 10.0 Å². The van der Waals surface area contributed by atoms with Crippen molar-refractivity contribution >= 4 is 39.1 Å². The van der Waals surface area contributed by atoms with Crippen LogP contribution in [0.15, 0.2) is 83.8 Å². The van der Waals surface area contributed by atoms with E-state index in [-0.39, 0.29) is 17.3 Å². The predicted molar refractivity (Wildman–Crippen MR) is 152 cm³/mol. The molecule has 0 saturated heterocycles. The van der Waals surface area contributed by atoms with Gasteiger partial charge in [0.1, 0.15) is 12.6 Å². The van der Waals surface area contributed by atoms with Crippen LogP contribution in [0.2, 0.25) is 5.02 Å². The molecule has 3 rings (SSSR count). The van der Waals surface area contributed by atoms with E-state index >= 15 is 0 Å². The van der Waals surface area contributed by atoms with Gasteiger partial charge in [0, 0.05) is 18.1 Å². The first-order valence-corrected chi connectivity index (χ1v) is 14.4. The van der Waals surface area contributed by atoms with E-state index < -0.39 is 28.5 Å². The molecule has 1 N–H and O–H groups in total. The fourth-order valence-corrected chi connectivity index (χ4v) is 5.43. The van der Waals surface area contributed by atoms with Crippen molar-refractivity contribution in [2.24, 2.45) is 0 Å². The molecule has 2 amide bonds. The molecule has 9 heteroatoms. The smallest absolute Gasteiger partial charge is 0.264 e. The number of halogens is 1. The Kier molecular flexibility index (Phi) is 10.3. The van der Waals surface area contributed by atoms with E-state index in [1.807, 2.05) is 38.1 Å². The van der Waals surface area contributed by atoms with Crippen LogP contribution in [0.1, 0.15) is 37.8 Å². The van der Waals surface area contributed by atoms with Crippen LogP contribution in [0.25, 0.3) is 0 Å². The van der Waals surface area contributed by atoms with E-state index in [4.69, 9.17) is 11.6 Å². The summed E-state index contributed by atoms with van der Waals surface area (Å²) in [5.41, 5.74) is 2.20. The highest BCUT2D eigenvalue weighted by Crippen LogP contribution is 2.26. The van der Waals surface area contributed by atoms with Gasteiger partial charge in [-0.25, -0.2) is 8.42 Å². The molecule has 0 saturated carbocycles. The van der Waals surface area contributed by atoms with E-state index in [0.29, 0.717) is 17.3 Å². The van der Waals surface area contributed by atoms with Crippen molar-refractivity contribution in [2.75, 3.05) is 17.4 Å². The fraction of sp³-hybridized carbons (Fsp3) is 0.310. The number of aryl methyl sites for hydroxylation is 1. The van der Waals surface area contributed by atoms with E-state index in [9.17, 15) is 18.0 Å². The Morgan fingerprint density at radius 3 is 2.18 bits per heavy atom. The molecule has 0 aliphatic rings. The number of carbonyl (C=O) groups is 2. The standard InChI is InChI=1S/C29H34ClN3O4S/c1-4-5-19-31-29(35)23(3)32(20-24-13-11-22(2)12-14-24)28(34)21-33(26-17-15-25(30)16-18-26)38(36,37)27-9-7-6-8-10-27/h6-18,23H,4-5,19-21H2,1-3H3,(H,31,35). The first kappa shape index (κ1) is 29.2. The number of nitrogens with one attached hydrogen (secondary N) is 1. The van der Waals surface area contributed by atoms with Crippen molar-refractivity contribution < 1.29 is 18.0 Å². The maximum absolute atomic E-state index is 13.8.